The molecule has 1 fully saturated rings. The number of hydrogen-bond donors (Lipinski definition) is 1. The second kappa shape index (κ2) is 6.24. The van der Waals surface area contributed by atoms with Crippen LogP contribution in [-0.4, -0.2) is 44.6 Å². The van der Waals surface area contributed by atoms with Gasteiger partial charge in [0.1, 0.15) is 0 Å². The molecule has 0 saturated carbocycles. The molecular weight excluding hydrogens is 290 g/mol. The molecule has 0 radical (unpaired) electrons. The average molecular weight is 307 g/mol. The first-order valence-corrected chi connectivity index (χ1v) is 8.55. The third-order valence-corrected chi connectivity index (χ3v) is 4.16. The minimum Gasteiger partial charge on any atom is -0.339 e. The van der Waals surface area contributed by atoms with Crippen LogP contribution in [0, 0.1) is 11.3 Å². The van der Waals surface area contributed by atoms with Crippen molar-refractivity contribution in [1.82, 2.24) is 9.62 Å². The summed E-state index contributed by atoms with van der Waals surface area (Å²) in [6.45, 7) is 1.01. The molecule has 1 saturated heterocycles. The maximum Gasteiger partial charge on any atom is 0.253 e. The molecule has 0 bridgehead atoms. The largest absolute Gasteiger partial charge is 0.339 e. The Hall–Kier alpha value is -1.91. The van der Waals surface area contributed by atoms with Crippen molar-refractivity contribution >= 4 is 15.9 Å². The van der Waals surface area contributed by atoms with E-state index in [-0.39, 0.29) is 11.9 Å². The average Bonchev–Trinajstić information content (AvgIpc) is 2.46. The molecule has 2 rings (SSSR count). The monoisotopic (exact) mass is 307 g/mol. The van der Waals surface area contributed by atoms with E-state index in [2.05, 4.69) is 4.72 Å². The van der Waals surface area contributed by atoms with Crippen molar-refractivity contribution in [2.45, 2.75) is 18.9 Å². The normalized spacial score (nSPS) is 16.5. The van der Waals surface area contributed by atoms with Gasteiger partial charge in [0, 0.05) is 24.7 Å². The van der Waals surface area contributed by atoms with Crippen LogP contribution >= 0.6 is 0 Å². The highest BCUT2D eigenvalue weighted by Gasteiger charge is 2.25. The van der Waals surface area contributed by atoms with E-state index in [1.165, 1.54) is 0 Å². The second-order valence-electron chi connectivity index (χ2n) is 5.15. The number of carbonyl (C=O) groups is 1. The molecule has 7 heteroatoms. The van der Waals surface area contributed by atoms with Crippen LogP contribution in [0.3, 0.4) is 0 Å². The second-order valence-corrected chi connectivity index (χ2v) is 6.93. The third kappa shape index (κ3) is 4.28. The van der Waals surface area contributed by atoms with Crippen LogP contribution in [0.4, 0.5) is 0 Å². The molecule has 112 valence electrons. The van der Waals surface area contributed by atoms with E-state index in [0.29, 0.717) is 37.1 Å². The lowest BCUT2D eigenvalue weighted by Gasteiger charge is -2.32. The molecule has 1 heterocycles. The highest BCUT2D eigenvalue weighted by atomic mass is 32.2. The van der Waals surface area contributed by atoms with Crippen molar-refractivity contribution in [2.24, 2.45) is 0 Å². The summed E-state index contributed by atoms with van der Waals surface area (Å²) in [7, 11) is -3.21. The zero-order chi connectivity index (χ0) is 15.5. The Bertz CT molecular complexity index is 671. The molecule has 1 aromatic rings. The number of amides is 1. The number of carbonyl (C=O) groups excluding carboxylic acids is 1. The Morgan fingerprint density at radius 2 is 2.05 bits per heavy atom. The molecule has 6 nitrogen and oxygen atoms in total. The molecule has 1 aromatic carbocycles. The molecule has 0 aliphatic carbocycles. The number of benzene rings is 1. The third-order valence-electron chi connectivity index (χ3n) is 3.40. The van der Waals surface area contributed by atoms with Crippen molar-refractivity contribution in [3.63, 3.8) is 0 Å². The fraction of sp³-hybridized carbons (Fsp3) is 0.429. The summed E-state index contributed by atoms with van der Waals surface area (Å²) < 4.78 is 24.9. The Morgan fingerprint density at radius 3 is 2.62 bits per heavy atom. The summed E-state index contributed by atoms with van der Waals surface area (Å²) in [5.74, 6) is -0.120. The molecule has 0 spiro atoms. The lowest BCUT2D eigenvalue weighted by Crippen LogP contribution is -2.46. The Labute approximate surface area is 124 Å². The molecule has 0 unspecified atom stereocenters. The van der Waals surface area contributed by atoms with E-state index in [4.69, 9.17) is 5.26 Å². The summed E-state index contributed by atoms with van der Waals surface area (Å²) in [5, 5.41) is 8.86. The van der Waals surface area contributed by atoms with E-state index in [0.717, 1.165) is 6.26 Å². The number of rotatable bonds is 3. The Balaban J connectivity index is 1.99. The summed E-state index contributed by atoms with van der Waals surface area (Å²) in [6, 6.07) is 8.49. The van der Waals surface area contributed by atoms with Crippen molar-refractivity contribution < 1.29 is 13.2 Å². The Kier molecular flexibility index (Phi) is 4.60. The van der Waals surface area contributed by atoms with Gasteiger partial charge in [-0.2, -0.15) is 5.26 Å². The number of nitrogens with one attached hydrogen (secondary N) is 1. The van der Waals surface area contributed by atoms with Crippen molar-refractivity contribution in [2.75, 3.05) is 19.3 Å². The summed E-state index contributed by atoms with van der Waals surface area (Å²) >= 11 is 0. The molecule has 1 amide bonds. The zero-order valence-electron chi connectivity index (χ0n) is 11.7. The maximum absolute atomic E-state index is 12.3. The van der Waals surface area contributed by atoms with E-state index in [1.54, 1.807) is 29.2 Å². The van der Waals surface area contributed by atoms with Crippen LogP contribution in [0.5, 0.6) is 0 Å². The highest BCUT2D eigenvalue weighted by molar-refractivity contribution is 7.88. The number of hydrogen-bond acceptors (Lipinski definition) is 4. The summed E-state index contributed by atoms with van der Waals surface area (Å²) in [4.78, 5) is 14.0. The quantitative estimate of drug-likeness (QED) is 0.890. The van der Waals surface area contributed by atoms with Crippen molar-refractivity contribution in [3.05, 3.63) is 35.4 Å². The number of likely N-dealkylation sites (tertiary alicyclic amines) is 1. The highest BCUT2D eigenvalue weighted by Crippen LogP contribution is 2.15. The fourth-order valence-electron chi connectivity index (χ4n) is 2.41. The fourth-order valence-corrected chi connectivity index (χ4v) is 3.25. The van der Waals surface area contributed by atoms with Gasteiger partial charge < -0.3 is 4.90 Å². The molecule has 21 heavy (non-hydrogen) atoms. The van der Waals surface area contributed by atoms with Crippen LogP contribution < -0.4 is 4.72 Å². The minimum absolute atomic E-state index is 0.116. The van der Waals surface area contributed by atoms with Crippen LogP contribution in [0.15, 0.2) is 24.3 Å². The summed E-state index contributed by atoms with van der Waals surface area (Å²) in [6.07, 6.45) is 2.32. The van der Waals surface area contributed by atoms with E-state index in [9.17, 15) is 13.2 Å². The number of nitriles is 1. The van der Waals surface area contributed by atoms with Gasteiger partial charge >= 0.3 is 0 Å². The topological polar surface area (TPSA) is 90.3 Å². The van der Waals surface area contributed by atoms with E-state index >= 15 is 0 Å². The molecular formula is C14H17N3O3S. The van der Waals surface area contributed by atoms with E-state index in [1.807, 2.05) is 6.07 Å². The van der Waals surface area contributed by atoms with Gasteiger partial charge in [0.2, 0.25) is 10.0 Å². The SMILES string of the molecule is CS(=O)(=O)NC1CCN(C(=O)c2cccc(C#N)c2)CC1. The lowest BCUT2D eigenvalue weighted by atomic mass is 10.0. The van der Waals surface area contributed by atoms with Crippen molar-refractivity contribution in [3.8, 4) is 6.07 Å². The maximum atomic E-state index is 12.3. The van der Waals surface area contributed by atoms with Crippen LogP contribution in [0.1, 0.15) is 28.8 Å². The Morgan fingerprint density at radius 1 is 1.38 bits per heavy atom. The minimum atomic E-state index is -3.21. The van der Waals surface area contributed by atoms with E-state index < -0.39 is 10.0 Å². The van der Waals surface area contributed by atoms with Gasteiger partial charge in [-0.25, -0.2) is 13.1 Å². The predicted octanol–water partition coefficient (Wildman–Crippen LogP) is 0.712. The first-order valence-electron chi connectivity index (χ1n) is 6.66. The van der Waals surface area contributed by atoms with Crippen LogP contribution in [0.25, 0.3) is 0 Å². The smallest absolute Gasteiger partial charge is 0.253 e. The van der Waals surface area contributed by atoms with Gasteiger partial charge in [-0.05, 0) is 31.0 Å². The van der Waals surface area contributed by atoms with Crippen LogP contribution in [-0.2, 0) is 10.0 Å². The van der Waals surface area contributed by atoms with Crippen LogP contribution in [0.2, 0.25) is 0 Å². The first-order chi connectivity index (χ1) is 9.89. The van der Waals surface area contributed by atoms with Gasteiger partial charge in [-0.15, -0.1) is 0 Å². The summed E-state index contributed by atoms with van der Waals surface area (Å²) in [5.41, 5.74) is 0.943. The molecule has 1 aliphatic rings. The molecule has 0 atom stereocenters. The predicted molar refractivity (Wildman–Crippen MR) is 78.1 cm³/mol. The molecule has 0 aromatic heterocycles. The number of nitrogens with zero attached hydrogens (tertiary/aromatic N) is 2. The standard InChI is InChI=1S/C14H17N3O3S/c1-21(19,20)16-13-5-7-17(8-6-13)14(18)12-4-2-3-11(9-12)10-15/h2-4,9,13,16H,5-8H2,1H3. The number of sulfonamides is 1. The zero-order valence-corrected chi connectivity index (χ0v) is 12.6. The first kappa shape index (κ1) is 15.5. The number of piperidine rings is 1. The van der Waals surface area contributed by atoms with Crippen molar-refractivity contribution in [1.29, 1.82) is 5.26 Å². The van der Waals surface area contributed by atoms with Gasteiger partial charge in [0.25, 0.3) is 5.91 Å². The lowest BCUT2D eigenvalue weighted by molar-refractivity contribution is 0.0711. The van der Waals surface area contributed by atoms with Gasteiger partial charge in [0.15, 0.2) is 0 Å². The molecule has 1 aliphatic heterocycles. The molecule has 1 N–H and O–H groups in total. The van der Waals surface area contributed by atoms with Gasteiger partial charge in [-0.3, -0.25) is 4.79 Å². The van der Waals surface area contributed by atoms with Gasteiger partial charge in [0.05, 0.1) is 17.9 Å². The van der Waals surface area contributed by atoms with Gasteiger partial charge in [-0.1, -0.05) is 6.07 Å².